The zero-order chi connectivity index (χ0) is 18.7. The molecule has 138 valence electrons. The maximum absolute atomic E-state index is 11.9. The third-order valence-corrected chi connectivity index (χ3v) is 5.96. The average molecular weight is 377 g/mol. The summed E-state index contributed by atoms with van der Waals surface area (Å²) in [7, 11) is 0.0484. The molecule has 0 bridgehead atoms. The van der Waals surface area contributed by atoms with Crippen LogP contribution < -0.4 is 10.2 Å². The molecule has 1 saturated heterocycles. The van der Waals surface area contributed by atoms with Crippen molar-refractivity contribution in [3.05, 3.63) is 36.0 Å². The molecule has 3 rings (SSSR count). The summed E-state index contributed by atoms with van der Waals surface area (Å²) < 4.78 is 28.1. The van der Waals surface area contributed by atoms with Gasteiger partial charge >= 0.3 is 5.97 Å². The average Bonchev–Trinajstić information content (AvgIpc) is 3.01. The first-order valence-corrected chi connectivity index (χ1v) is 9.79. The predicted octanol–water partition coefficient (Wildman–Crippen LogP) is 1.03. The van der Waals surface area contributed by atoms with Gasteiger partial charge in [0.1, 0.15) is 0 Å². The Bertz CT molecular complexity index is 918. The molecule has 0 spiro atoms. The molecule has 1 aromatic carbocycles. The fraction of sp³-hybridized carbons (Fsp3) is 0.375. The van der Waals surface area contributed by atoms with Crippen molar-refractivity contribution in [2.24, 2.45) is 0 Å². The van der Waals surface area contributed by atoms with Crippen LogP contribution in [0.2, 0.25) is 0 Å². The second kappa shape index (κ2) is 7.24. The molecule has 0 amide bonds. The maximum Gasteiger partial charge on any atom is 0.339 e. The number of nitrogens with one attached hydrogen (secondary N) is 1. The van der Waals surface area contributed by atoms with Crippen molar-refractivity contribution < 1.29 is 17.9 Å². The first kappa shape index (κ1) is 18.1. The van der Waals surface area contributed by atoms with Gasteiger partial charge in [0.2, 0.25) is 5.95 Å². The van der Waals surface area contributed by atoms with Crippen molar-refractivity contribution >= 4 is 33.3 Å². The van der Waals surface area contributed by atoms with E-state index in [0.717, 1.165) is 0 Å². The Morgan fingerprint density at radius 3 is 2.81 bits per heavy atom. The van der Waals surface area contributed by atoms with Gasteiger partial charge in [0.05, 0.1) is 36.1 Å². The molecule has 1 fully saturated rings. The van der Waals surface area contributed by atoms with Gasteiger partial charge in [-0.15, -0.1) is 5.10 Å². The number of methoxy groups -OCH3 is 1. The molecule has 1 aliphatic rings. The van der Waals surface area contributed by atoms with Crippen molar-refractivity contribution in [1.29, 1.82) is 0 Å². The summed E-state index contributed by atoms with van der Waals surface area (Å²) in [5.74, 6) is 0.477. The van der Waals surface area contributed by atoms with Gasteiger partial charge in [0, 0.05) is 13.1 Å². The van der Waals surface area contributed by atoms with E-state index in [0.29, 0.717) is 29.4 Å². The van der Waals surface area contributed by atoms with Crippen LogP contribution in [-0.2, 0) is 14.6 Å². The Kier molecular flexibility index (Phi) is 5.03. The molecule has 1 aliphatic heterocycles. The number of aromatic nitrogens is 3. The fourth-order valence-corrected chi connectivity index (χ4v) is 4.54. The van der Waals surface area contributed by atoms with Gasteiger partial charge in [-0.2, -0.15) is 10.1 Å². The molecule has 1 atom stereocenters. The lowest BCUT2D eigenvalue weighted by Gasteiger charge is -2.23. The zero-order valence-electron chi connectivity index (χ0n) is 14.4. The van der Waals surface area contributed by atoms with E-state index in [9.17, 15) is 13.2 Å². The molecule has 1 unspecified atom stereocenters. The van der Waals surface area contributed by atoms with Gasteiger partial charge in [0.25, 0.3) is 0 Å². The van der Waals surface area contributed by atoms with E-state index in [1.807, 2.05) is 0 Å². The van der Waals surface area contributed by atoms with Gasteiger partial charge in [-0.25, -0.2) is 13.2 Å². The molecular formula is C16H19N5O4S. The van der Waals surface area contributed by atoms with Crippen molar-refractivity contribution in [2.45, 2.75) is 12.5 Å². The molecular weight excluding hydrogens is 358 g/mol. The number of carbonyl (C=O) groups excluding carboxylic acids is 1. The van der Waals surface area contributed by atoms with E-state index in [2.05, 4.69) is 20.5 Å². The lowest BCUT2D eigenvalue weighted by Crippen LogP contribution is -2.34. The highest BCUT2D eigenvalue weighted by Gasteiger charge is 2.32. The zero-order valence-corrected chi connectivity index (χ0v) is 15.2. The standard InChI is InChI=1S/C16H19N5O4S/c1-21(11-7-8-26(23,24)10-11)16-19-14(9-17-20-16)18-13-6-4-3-5-12(13)15(22)25-2/h3-6,9,11H,7-8,10H2,1-2H3,(H,18,19,20). The molecule has 0 aliphatic carbocycles. The van der Waals surface area contributed by atoms with E-state index in [4.69, 9.17) is 4.74 Å². The summed E-state index contributed by atoms with van der Waals surface area (Å²) >= 11 is 0. The van der Waals surface area contributed by atoms with Crippen LogP contribution in [0.15, 0.2) is 30.5 Å². The van der Waals surface area contributed by atoms with Crippen molar-refractivity contribution in [3.63, 3.8) is 0 Å². The highest BCUT2D eigenvalue weighted by Crippen LogP contribution is 2.23. The SMILES string of the molecule is COC(=O)c1ccccc1Nc1cnnc(N(C)C2CCS(=O)(=O)C2)n1. The topological polar surface area (TPSA) is 114 Å². The number of nitrogens with zero attached hydrogens (tertiary/aromatic N) is 4. The Morgan fingerprint density at radius 1 is 1.35 bits per heavy atom. The Balaban J connectivity index is 1.81. The van der Waals surface area contributed by atoms with Gasteiger partial charge in [-0.05, 0) is 18.6 Å². The number of para-hydroxylation sites is 1. The van der Waals surface area contributed by atoms with Crippen LogP contribution in [0.5, 0.6) is 0 Å². The Hall–Kier alpha value is -2.75. The third-order valence-electron chi connectivity index (χ3n) is 4.21. The van der Waals surface area contributed by atoms with Crippen LogP contribution in [0.3, 0.4) is 0 Å². The predicted molar refractivity (Wildman–Crippen MR) is 96.4 cm³/mol. The summed E-state index contributed by atoms with van der Waals surface area (Å²) in [6.45, 7) is 0. The second-order valence-electron chi connectivity index (χ2n) is 5.97. The Morgan fingerprint density at radius 2 is 2.12 bits per heavy atom. The summed E-state index contributed by atoms with van der Waals surface area (Å²) in [5.41, 5.74) is 0.891. The van der Waals surface area contributed by atoms with Crippen molar-refractivity contribution in [1.82, 2.24) is 15.2 Å². The highest BCUT2D eigenvalue weighted by atomic mass is 32.2. The second-order valence-corrected chi connectivity index (χ2v) is 8.20. The number of carbonyl (C=O) groups is 1. The number of anilines is 3. The fourth-order valence-electron chi connectivity index (χ4n) is 2.77. The van der Waals surface area contributed by atoms with Crippen LogP contribution >= 0.6 is 0 Å². The van der Waals surface area contributed by atoms with E-state index in [1.165, 1.54) is 13.3 Å². The molecule has 26 heavy (non-hydrogen) atoms. The molecule has 1 aromatic heterocycles. The van der Waals surface area contributed by atoms with Gasteiger partial charge in [-0.3, -0.25) is 0 Å². The lowest BCUT2D eigenvalue weighted by atomic mass is 10.2. The van der Waals surface area contributed by atoms with Crippen LogP contribution in [0.4, 0.5) is 17.5 Å². The van der Waals surface area contributed by atoms with E-state index < -0.39 is 15.8 Å². The van der Waals surface area contributed by atoms with Crippen LogP contribution in [0, 0.1) is 0 Å². The number of esters is 1. The minimum absolute atomic E-state index is 0.0791. The van der Waals surface area contributed by atoms with E-state index >= 15 is 0 Å². The Labute approximate surface area is 151 Å². The summed E-state index contributed by atoms with van der Waals surface area (Å²) in [6, 6.07) is 6.69. The maximum atomic E-state index is 11.9. The molecule has 2 heterocycles. The largest absolute Gasteiger partial charge is 0.465 e. The van der Waals surface area contributed by atoms with Crippen molar-refractivity contribution in [3.8, 4) is 0 Å². The first-order chi connectivity index (χ1) is 12.4. The van der Waals surface area contributed by atoms with Gasteiger partial charge in [-0.1, -0.05) is 12.1 Å². The van der Waals surface area contributed by atoms with Crippen LogP contribution in [0.1, 0.15) is 16.8 Å². The summed E-state index contributed by atoms with van der Waals surface area (Å²) in [4.78, 5) is 18.0. The highest BCUT2D eigenvalue weighted by molar-refractivity contribution is 7.91. The molecule has 0 saturated carbocycles. The van der Waals surface area contributed by atoms with Gasteiger partial charge in [0.15, 0.2) is 15.7 Å². The van der Waals surface area contributed by atoms with Crippen molar-refractivity contribution in [2.75, 3.05) is 35.9 Å². The van der Waals surface area contributed by atoms with Crippen LogP contribution in [-0.4, -0.2) is 61.3 Å². The third kappa shape index (κ3) is 3.90. The smallest absolute Gasteiger partial charge is 0.339 e. The summed E-state index contributed by atoms with van der Waals surface area (Å²) in [5, 5.41) is 10.9. The van der Waals surface area contributed by atoms with E-state index in [1.54, 1.807) is 36.2 Å². The van der Waals surface area contributed by atoms with Crippen LogP contribution in [0.25, 0.3) is 0 Å². The molecule has 0 radical (unpaired) electrons. The number of benzene rings is 1. The number of ether oxygens (including phenoxy) is 1. The quantitative estimate of drug-likeness (QED) is 0.763. The summed E-state index contributed by atoms with van der Waals surface area (Å²) in [6.07, 6.45) is 1.96. The molecule has 10 heteroatoms. The monoisotopic (exact) mass is 377 g/mol. The minimum Gasteiger partial charge on any atom is -0.465 e. The number of sulfone groups is 1. The molecule has 9 nitrogen and oxygen atoms in total. The minimum atomic E-state index is -3.01. The van der Waals surface area contributed by atoms with E-state index in [-0.39, 0.29) is 17.5 Å². The van der Waals surface area contributed by atoms with Gasteiger partial charge < -0.3 is 15.0 Å². The number of hydrogen-bond donors (Lipinski definition) is 1. The first-order valence-electron chi connectivity index (χ1n) is 7.97. The lowest BCUT2D eigenvalue weighted by molar-refractivity contribution is 0.0602. The number of hydrogen-bond acceptors (Lipinski definition) is 9. The normalized spacial score (nSPS) is 18.3. The number of rotatable bonds is 5. The molecule has 2 aromatic rings. The molecule has 1 N–H and O–H groups in total.